The second kappa shape index (κ2) is 8.73. The summed E-state index contributed by atoms with van der Waals surface area (Å²) >= 11 is 3.36. The quantitative estimate of drug-likeness (QED) is 0.732. The van der Waals surface area contributed by atoms with Crippen LogP contribution in [0.1, 0.15) is 5.56 Å². The molecule has 6 heteroatoms. The standard InChI is InChI=1S/C14H18BrNO4/c1-20-13-4-3-12(15)10-11(13)2-5-14(19)16(6-8-17)7-9-18/h2-5,10,17-18H,6-9H2,1H3. The van der Waals surface area contributed by atoms with Gasteiger partial charge in [0.1, 0.15) is 5.75 Å². The van der Waals surface area contributed by atoms with Crippen molar-refractivity contribution in [3.8, 4) is 5.75 Å². The van der Waals surface area contributed by atoms with Gasteiger partial charge < -0.3 is 19.8 Å². The maximum atomic E-state index is 11.9. The Hall–Kier alpha value is -1.37. The number of halogens is 1. The molecular formula is C14H18BrNO4. The Morgan fingerprint density at radius 3 is 2.55 bits per heavy atom. The Balaban J connectivity index is 2.85. The number of carbonyl (C=O) groups is 1. The van der Waals surface area contributed by atoms with Gasteiger partial charge in [0, 0.05) is 29.2 Å². The van der Waals surface area contributed by atoms with E-state index >= 15 is 0 Å². The summed E-state index contributed by atoms with van der Waals surface area (Å²) in [5.41, 5.74) is 0.767. The summed E-state index contributed by atoms with van der Waals surface area (Å²) < 4.78 is 6.09. The SMILES string of the molecule is COc1ccc(Br)cc1C=CC(=O)N(CCO)CCO. The lowest BCUT2D eigenvalue weighted by atomic mass is 10.2. The molecule has 110 valence electrons. The zero-order valence-electron chi connectivity index (χ0n) is 11.3. The molecular weight excluding hydrogens is 326 g/mol. The maximum Gasteiger partial charge on any atom is 0.246 e. The molecule has 1 aromatic carbocycles. The third-order valence-electron chi connectivity index (χ3n) is 2.65. The van der Waals surface area contributed by atoms with Gasteiger partial charge in [-0.3, -0.25) is 4.79 Å². The highest BCUT2D eigenvalue weighted by atomic mass is 79.9. The molecule has 1 amide bonds. The van der Waals surface area contributed by atoms with Crippen LogP contribution in [0.25, 0.3) is 6.08 Å². The fourth-order valence-corrected chi connectivity index (χ4v) is 2.05. The van der Waals surface area contributed by atoms with Crippen molar-refractivity contribution < 1.29 is 19.7 Å². The molecule has 0 aliphatic rings. The summed E-state index contributed by atoms with van der Waals surface area (Å²) in [5, 5.41) is 17.8. The third kappa shape index (κ3) is 4.96. The Labute approximate surface area is 126 Å². The van der Waals surface area contributed by atoms with E-state index in [1.165, 1.54) is 11.0 Å². The van der Waals surface area contributed by atoms with E-state index < -0.39 is 0 Å². The molecule has 0 heterocycles. The van der Waals surface area contributed by atoms with Gasteiger partial charge in [-0.2, -0.15) is 0 Å². The number of amides is 1. The fraction of sp³-hybridized carbons (Fsp3) is 0.357. The minimum Gasteiger partial charge on any atom is -0.496 e. The second-order valence-corrected chi connectivity index (χ2v) is 4.91. The molecule has 1 rings (SSSR count). The Kier molecular flexibility index (Phi) is 7.28. The van der Waals surface area contributed by atoms with Crippen molar-refractivity contribution in [2.75, 3.05) is 33.4 Å². The van der Waals surface area contributed by atoms with Gasteiger partial charge in [-0.25, -0.2) is 0 Å². The predicted octanol–water partition coefficient (Wildman–Crippen LogP) is 1.28. The number of nitrogens with zero attached hydrogens (tertiary/aromatic N) is 1. The van der Waals surface area contributed by atoms with E-state index in [1.807, 2.05) is 12.1 Å². The molecule has 0 spiro atoms. The van der Waals surface area contributed by atoms with Gasteiger partial charge in [0.05, 0.1) is 20.3 Å². The zero-order chi connectivity index (χ0) is 15.0. The highest BCUT2D eigenvalue weighted by molar-refractivity contribution is 9.10. The van der Waals surface area contributed by atoms with Crippen LogP contribution in [0.2, 0.25) is 0 Å². The molecule has 2 N–H and O–H groups in total. The van der Waals surface area contributed by atoms with Crippen molar-refractivity contribution in [1.29, 1.82) is 0 Å². The number of hydrogen-bond donors (Lipinski definition) is 2. The molecule has 0 aliphatic carbocycles. The molecule has 1 aromatic rings. The second-order valence-electron chi connectivity index (χ2n) is 3.99. The number of ether oxygens (including phenoxy) is 1. The lowest BCUT2D eigenvalue weighted by Gasteiger charge is -2.18. The van der Waals surface area contributed by atoms with E-state index in [2.05, 4.69) is 15.9 Å². The molecule has 0 aliphatic heterocycles. The summed E-state index contributed by atoms with van der Waals surface area (Å²) in [5.74, 6) is 0.392. The molecule has 20 heavy (non-hydrogen) atoms. The first kappa shape index (κ1) is 16.7. The number of aliphatic hydroxyl groups is 2. The molecule has 0 unspecified atom stereocenters. The number of benzene rings is 1. The van der Waals surface area contributed by atoms with Crippen LogP contribution in [-0.2, 0) is 4.79 Å². The molecule has 0 aromatic heterocycles. The summed E-state index contributed by atoms with van der Waals surface area (Å²) in [6.07, 6.45) is 3.04. The van der Waals surface area contributed by atoms with Crippen LogP contribution in [0, 0.1) is 0 Å². The minimum absolute atomic E-state index is 0.139. The van der Waals surface area contributed by atoms with Crippen LogP contribution in [0.15, 0.2) is 28.7 Å². The van der Waals surface area contributed by atoms with Crippen molar-refractivity contribution in [3.63, 3.8) is 0 Å². The Morgan fingerprint density at radius 1 is 1.35 bits per heavy atom. The van der Waals surface area contributed by atoms with E-state index in [4.69, 9.17) is 14.9 Å². The van der Waals surface area contributed by atoms with Crippen molar-refractivity contribution in [3.05, 3.63) is 34.3 Å². The Bertz CT molecular complexity index is 470. The molecule has 0 atom stereocenters. The smallest absolute Gasteiger partial charge is 0.246 e. The summed E-state index contributed by atoms with van der Waals surface area (Å²) in [6, 6.07) is 5.49. The number of rotatable bonds is 7. The van der Waals surface area contributed by atoms with Gasteiger partial charge in [0.2, 0.25) is 5.91 Å². The molecule has 5 nitrogen and oxygen atoms in total. The maximum absolute atomic E-state index is 11.9. The van der Waals surface area contributed by atoms with Gasteiger partial charge in [0.25, 0.3) is 0 Å². The van der Waals surface area contributed by atoms with Crippen molar-refractivity contribution in [2.24, 2.45) is 0 Å². The van der Waals surface area contributed by atoms with Gasteiger partial charge in [-0.15, -0.1) is 0 Å². The van der Waals surface area contributed by atoms with Crippen LogP contribution >= 0.6 is 15.9 Å². The highest BCUT2D eigenvalue weighted by Gasteiger charge is 2.09. The largest absolute Gasteiger partial charge is 0.496 e. The lowest BCUT2D eigenvalue weighted by molar-refractivity contribution is -0.126. The van der Waals surface area contributed by atoms with E-state index in [0.717, 1.165) is 10.0 Å². The van der Waals surface area contributed by atoms with Crippen LogP contribution in [0.4, 0.5) is 0 Å². The van der Waals surface area contributed by atoms with Crippen molar-refractivity contribution in [1.82, 2.24) is 4.90 Å². The normalized spacial score (nSPS) is 10.8. The van der Waals surface area contributed by atoms with Gasteiger partial charge in [-0.1, -0.05) is 15.9 Å². The topological polar surface area (TPSA) is 70.0 Å². The van der Waals surface area contributed by atoms with Gasteiger partial charge in [0.15, 0.2) is 0 Å². The average molecular weight is 344 g/mol. The Morgan fingerprint density at radius 2 is 2.00 bits per heavy atom. The number of methoxy groups -OCH3 is 1. The van der Waals surface area contributed by atoms with Crippen LogP contribution in [0.5, 0.6) is 5.75 Å². The molecule has 0 saturated carbocycles. The summed E-state index contributed by atoms with van der Waals surface area (Å²) in [7, 11) is 1.56. The minimum atomic E-state index is -0.268. The monoisotopic (exact) mass is 343 g/mol. The van der Waals surface area contributed by atoms with Gasteiger partial charge >= 0.3 is 0 Å². The molecule has 0 fully saturated rings. The molecule has 0 radical (unpaired) electrons. The van der Waals surface area contributed by atoms with Crippen LogP contribution < -0.4 is 4.74 Å². The van der Waals surface area contributed by atoms with E-state index in [-0.39, 0.29) is 32.2 Å². The van der Waals surface area contributed by atoms with Crippen LogP contribution in [0.3, 0.4) is 0 Å². The number of carbonyl (C=O) groups excluding carboxylic acids is 1. The van der Waals surface area contributed by atoms with E-state index in [9.17, 15) is 4.79 Å². The number of hydrogen-bond acceptors (Lipinski definition) is 4. The van der Waals surface area contributed by atoms with Crippen molar-refractivity contribution in [2.45, 2.75) is 0 Å². The van der Waals surface area contributed by atoms with Crippen LogP contribution in [-0.4, -0.2) is 54.4 Å². The molecule has 0 bridgehead atoms. The van der Waals surface area contributed by atoms with E-state index in [1.54, 1.807) is 19.3 Å². The lowest BCUT2D eigenvalue weighted by Crippen LogP contribution is -2.34. The first-order valence-corrected chi connectivity index (χ1v) is 6.94. The molecule has 0 saturated heterocycles. The first-order valence-electron chi connectivity index (χ1n) is 6.14. The predicted molar refractivity (Wildman–Crippen MR) is 80.5 cm³/mol. The summed E-state index contributed by atoms with van der Waals surface area (Å²) in [4.78, 5) is 13.3. The fourth-order valence-electron chi connectivity index (χ4n) is 1.68. The van der Waals surface area contributed by atoms with E-state index in [0.29, 0.717) is 5.75 Å². The highest BCUT2D eigenvalue weighted by Crippen LogP contribution is 2.24. The number of aliphatic hydroxyl groups excluding tert-OH is 2. The third-order valence-corrected chi connectivity index (χ3v) is 3.14. The van der Waals surface area contributed by atoms with Crippen molar-refractivity contribution >= 4 is 27.9 Å². The zero-order valence-corrected chi connectivity index (χ0v) is 12.8. The average Bonchev–Trinajstić information content (AvgIpc) is 2.44. The first-order chi connectivity index (χ1) is 9.62. The summed E-state index contributed by atoms with van der Waals surface area (Å²) in [6.45, 7) is 0.109. The van der Waals surface area contributed by atoms with Gasteiger partial charge in [-0.05, 0) is 24.3 Å².